The first-order chi connectivity index (χ1) is 19.2. The molecule has 0 radical (unpaired) electrons. The van der Waals surface area contributed by atoms with Gasteiger partial charge in [-0.1, -0.05) is 33.8 Å². The highest BCUT2D eigenvalue weighted by molar-refractivity contribution is 6.61. The van der Waals surface area contributed by atoms with Gasteiger partial charge in [0.2, 0.25) is 5.91 Å². The van der Waals surface area contributed by atoms with E-state index < -0.39 is 54.0 Å². The summed E-state index contributed by atoms with van der Waals surface area (Å²) < 4.78 is 31.8. The number of carbonyl (C=O) groups excluding carboxylic acids is 3. The Balaban J connectivity index is 1.46. The van der Waals surface area contributed by atoms with Gasteiger partial charge in [-0.3, -0.25) is 9.59 Å². The van der Waals surface area contributed by atoms with Gasteiger partial charge in [0, 0.05) is 42.1 Å². The smallest absolute Gasteiger partial charge is 0.479 e. The second kappa shape index (κ2) is 10.6. The zero-order valence-corrected chi connectivity index (χ0v) is 24.5. The minimum atomic E-state index is -1.40. The predicted octanol–water partition coefficient (Wildman–Crippen LogP) is 2.28. The molecule has 3 N–H and O–H groups in total. The van der Waals surface area contributed by atoms with E-state index in [1.807, 2.05) is 20.8 Å². The highest BCUT2D eigenvalue weighted by Gasteiger charge is 2.68. The van der Waals surface area contributed by atoms with Crippen molar-refractivity contribution in [2.45, 2.75) is 85.5 Å². The van der Waals surface area contributed by atoms with E-state index in [2.05, 4.69) is 12.2 Å². The maximum absolute atomic E-state index is 15.0. The van der Waals surface area contributed by atoms with Gasteiger partial charge in [0.1, 0.15) is 11.9 Å². The molecule has 224 valence electrons. The summed E-state index contributed by atoms with van der Waals surface area (Å²) in [7, 11) is -1.40. The maximum Gasteiger partial charge on any atom is 0.494 e. The number of carbonyl (C=O) groups is 3. The summed E-state index contributed by atoms with van der Waals surface area (Å²) in [6.07, 6.45) is 1.32. The van der Waals surface area contributed by atoms with Crippen molar-refractivity contribution in [2.75, 3.05) is 13.2 Å². The molecule has 3 saturated carbocycles. The van der Waals surface area contributed by atoms with E-state index in [-0.39, 0.29) is 60.2 Å². The van der Waals surface area contributed by atoms with Crippen LogP contribution in [0.2, 0.25) is 0 Å². The average Bonchev–Trinajstić information content (AvgIpc) is 3.48. The van der Waals surface area contributed by atoms with E-state index in [0.29, 0.717) is 18.4 Å². The van der Waals surface area contributed by atoms with Crippen molar-refractivity contribution in [1.82, 2.24) is 5.32 Å². The van der Waals surface area contributed by atoms with Crippen molar-refractivity contribution in [3.05, 3.63) is 23.5 Å². The maximum atomic E-state index is 15.0. The van der Waals surface area contributed by atoms with Crippen molar-refractivity contribution in [2.24, 2.45) is 34.0 Å². The summed E-state index contributed by atoms with van der Waals surface area (Å²) in [5.74, 6) is -2.35. The topological polar surface area (TPSA) is 131 Å². The van der Waals surface area contributed by atoms with Crippen LogP contribution in [0.15, 0.2) is 12.1 Å². The van der Waals surface area contributed by atoms with Crippen molar-refractivity contribution in [3.63, 3.8) is 0 Å². The van der Waals surface area contributed by atoms with E-state index in [1.165, 1.54) is 13.0 Å². The van der Waals surface area contributed by atoms with E-state index in [4.69, 9.17) is 14.1 Å². The van der Waals surface area contributed by atoms with Gasteiger partial charge in [-0.25, -0.2) is 9.18 Å². The van der Waals surface area contributed by atoms with Crippen LogP contribution in [-0.2, 0) is 30.4 Å². The third kappa shape index (κ3) is 4.78. The number of aliphatic hydroxyl groups excluding tert-OH is 1. The number of aliphatic hydroxyl groups is 1. The molecule has 3 fully saturated rings. The molecule has 1 aromatic rings. The summed E-state index contributed by atoms with van der Waals surface area (Å²) in [4.78, 5) is 38.8. The lowest BCUT2D eigenvalue weighted by molar-refractivity contribution is -0.212. The van der Waals surface area contributed by atoms with Crippen LogP contribution < -0.4 is 15.5 Å². The molecule has 4 aliphatic rings. The Bertz CT molecular complexity index is 1250. The van der Waals surface area contributed by atoms with Crippen LogP contribution in [0.4, 0.5) is 4.39 Å². The second-order valence-corrected chi connectivity index (χ2v) is 13.3. The van der Waals surface area contributed by atoms with Crippen LogP contribution in [0.25, 0.3) is 0 Å². The number of hydrogen-bond acceptors (Lipinski definition) is 8. The van der Waals surface area contributed by atoms with Crippen molar-refractivity contribution in [1.29, 1.82) is 0 Å². The Morgan fingerprint density at radius 1 is 1.24 bits per heavy atom. The number of rotatable bonds is 6. The fourth-order valence-electron chi connectivity index (χ4n) is 8.56. The fourth-order valence-corrected chi connectivity index (χ4v) is 8.56. The number of halogens is 1. The van der Waals surface area contributed by atoms with Gasteiger partial charge in [0.15, 0.2) is 18.2 Å². The quantitative estimate of drug-likeness (QED) is 0.349. The monoisotopic (exact) mass is 573 g/mol. The SMILES string of the molecule is CC(=O)NC[C@]1(C)C[C@@H](OC(=O)COc2ccc3c(c2F)B(O)OC3)[C@]2(C)[C@H](C)CC[C@]3(CCC(=O)[C@H]32)[C@@H](C)[C@@H]1O. The van der Waals surface area contributed by atoms with E-state index in [9.17, 15) is 24.5 Å². The van der Waals surface area contributed by atoms with Crippen LogP contribution in [0, 0.1) is 39.8 Å². The molecule has 1 aliphatic heterocycles. The molecular weight excluding hydrogens is 532 g/mol. The van der Waals surface area contributed by atoms with Crippen LogP contribution in [0.1, 0.15) is 72.3 Å². The summed E-state index contributed by atoms with van der Waals surface area (Å²) in [5, 5.41) is 24.6. The Morgan fingerprint density at radius 3 is 2.68 bits per heavy atom. The highest BCUT2D eigenvalue weighted by Crippen LogP contribution is 2.67. The zero-order valence-electron chi connectivity index (χ0n) is 24.5. The summed E-state index contributed by atoms with van der Waals surface area (Å²) in [6, 6.07) is 2.97. The molecule has 41 heavy (non-hydrogen) atoms. The number of hydrogen-bond donors (Lipinski definition) is 3. The molecule has 0 spiro atoms. The number of Topliss-reactive ketones (excluding diaryl/α,β-unsaturated/α-hetero) is 1. The minimum absolute atomic E-state index is 0.00708. The van der Waals surface area contributed by atoms with Gasteiger partial charge in [-0.15, -0.1) is 0 Å². The molecule has 1 amide bonds. The predicted molar refractivity (Wildman–Crippen MR) is 147 cm³/mol. The fraction of sp³-hybridized carbons (Fsp3) is 0.700. The molecule has 5 rings (SSSR count). The van der Waals surface area contributed by atoms with Crippen LogP contribution in [0.3, 0.4) is 0 Å². The minimum Gasteiger partial charge on any atom is -0.479 e. The second-order valence-electron chi connectivity index (χ2n) is 13.3. The number of fused-ring (bicyclic) bond motifs is 1. The Kier molecular flexibility index (Phi) is 7.79. The Labute approximate surface area is 240 Å². The van der Waals surface area contributed by atoms with Gasteiger partial charge in [-0.2, -0.15) is 0 Å². The summed E-state index contributed by atoms with van der Waals surface area (Å²) >= 11 is 0. The molecule has 0 unspecified atom stereocenters. The Morgan fingerprint density at radius 2 is 1.98 bits per heavy atom. The van der Waals surface area contributed by atoms with Gasteiger partial charge in [0.25, 0.3) is 0 Å². The number of ketones is 1. The molecule has 8 atom stereocenters. The highest BCUT2D eigenvalue weighted by atomic mass is 19.1. The standard InChI is InChI=1S/C30H41BFNO8/c1-16-8-10-30-11-9-20(35)26(30)29(16,5)22(12-28(4,15-33-18(3)34)27(37)17(30)2)41-23(36)14-39-21-7-6-19-13-40-31(38)24(19)25(21)32/h6-7,16-17,22,26-27,37-38H,8-15H2,1-5H3,(H,33,34)/t16-,17+,22-,26+,27+,28+,29+,30+/m1/s1. The molecule has 3 aliphatic carbocycles. The summed E-state index contributed by atoms with van der Waals surface area (Å²) in [5.41, 5.74) is -1.50. The molecule has 11 heteroatoms. The first-order valence-corrected chi connectivity index (χ1v) is 14.6. The average molecular weight is 573 g/mol. The van der Waals surface area contributed by atoms with Crippen LogP contribution >= 0.6 is 0 Å². The summed E-state index contributed by atoms with van der Waals surface area (Å²) in [6.45, 7) is 9.14. The molecule has 0 saturated heterocycles. The van der Waals surface area contributed by atoms with Gasteiger partial charge in [-0.05, 0) is 54.6 Å². The molecule has 0 aromatic heterocycles. The van der Waals surface area contributed by atoms with Crippen molar-refractivity contribution in [3.8, 4) is 5.75 Å². The molecule has 2 bridgehead atoms. The Hall–Kier alpha value is -2.50. The van der Waals surface area contributed by atoms with Gasteiger partial charge >= 0.3 is 13.1 Å². The van der Waals surface area contributed by atoms with Gasteiger partial charge in [0.05, 0.1) is 12.7 Å². The number of benzene rings is 1. The lowest BCUT2D eigenvalue weighted by Gasteiger charge is -2.62. The van der Waals surface area contributed by atoms with Gasteiger partial charge < -0.3 is 29.6 Å². The number of nitrogens with one attached hydrogen (secondary N) is 1. The zero-order chi connectivity index (χ0) is 29.9. The normalized spacial score (nSPS) is 38.0. The number of ether oxygens (including phenoxy) is 2. The van der Waals surface area contributed by atoms with E-state index >= 15 is 4.39 Å². The molecule has 9 nitrogen and oxygen atoms in total. The van der Waals surface area contributed by atoms with E-state index in [1.54, 1.807) is 6.07 Å². The van der Waals surface area contributed by atoms with Crippen LogP contribution in [0.5, 0.6) is 5.75 Å². The molecule has 1 aromatic carbocycles. The third-order valence-electron chi connectivity index (χ3n) is 11.1. The number of esters is 1. The first kappa shape index (κ1) is 30.0. The van der Waals surface area contributed by atoms with E-state index in [0.717, 1.165) is 12.8 Å². The number of amides is 1. The molecule has 1 heterocycles. The first-order valence-electron chi connectivity index (χ1n) is 14.6. The van der Waals surface area contributed by atoms with Crippen LogP contribution in [-0.4, -0.2) is 60.3 Å². The van der Waals surface area contributed by atoms with Crippen molar-refractivity contribution < 1.29 is 43.0 Å². The third-order valence-corrected chi connectivity index (χ3v) is 11.1. The lowest BCUT2D eigenvalue weighted by atomic mass is 9.44. The largest absolute Gasteiger partial charge is 0.494 e. The van der Waals surface area contributed by atoms with Crippen molar-refractivity contribution >= 4 is 30.2 Å². The lowest BCUT2D eigenvalue weighted by Crippen LogP contribution is -2.64. The molecular formula is C30H41BFNO8.